The fourth-order valence-corrected chi connectivity index (χ4v) is 4.35. The van der Waals surface area contributed by atoms with Crippen molar-refractivity contribution in [3.8, 4) is 0 Å². The highest BCUT2D eigenvalue weighted by atomic mass is 16.4. The lowest BCUT2D eigenvalue weighted by Crippen LogP contribution is -2.59. The predicted octanol–water partition coefficient (Wildman–Crippen LogP) is 3.68. The molecule has 184 valence electrons. The van der Waals surface area contributed by atoms with Crippen LogP contribution in [0.4, 0.5) is 0 Å². The zero-order valence-corrected chi connectivity index (χ0v) is 21.4. The Labute approximate surface area is 194 Å². The van der Waals surface area contributed by atoms with Crippen LogP contribution < -0.4 is 5.32 Å². The third-order valence-corrected chi connectivity index (χ3v) is 7.01. The van der Waals surface area contributed by atoms with Gasteiger partial charge in [-0.1, -0.05) is 53.5 Å². The van der Waals surface area contributed by atoms with Crippen molar-refractivity contribution in [3.63, 3.8) is 0 Å². The number of carboxylic acid groups (broad SMARTS) is 1. The second kappa shape index (κ2) is 13.0. The molecule has 0 spiro atoms. The molecular formula is C25H45N3O4. The fourth-order valence-electron chi connectivity index (χ4n) is 4.35. The molecule has 1 saturated heterocycles. The lowest BCUT2D eigenvalue weighted by molar-refractivity contribution is -0.140. The van der Waals surface area contributed by atoms with E-state index >= 15 is 0 Å². The molecule has 0 aromatic rings. The predicted molar refractivity (Wildman–Crippen MR) is 128 cm³/mol. The maximum Gasteiger partial charge on any atom is 0.331 e. The second-order valence-corrected chi connectivity index (χ2v) is 9.72. The molecule has 1 fully saturated rings. The Bertz CT molecular complexity index is 676. The van der Waals surface area contributed by atoms with Gasteiger partial charge in [-0.15, -0.1) is 0 Å². The SMILES string of the molecule is CCC(C)N1CCCC[C@@H]1C(=O)N[C@H](C(=O)N(C)C(/C=C(\C)C(=O)O)[C@@H](C)CC)C(C)C. The first kappa shape index (κ1) is 28.1. The Morgan fingerprint density at radius 2 is 1.75 bits per heavy atom. The van der Waals surface area contributed by atoms with Gasteiger partial charge in [-0.05, 0) is 51.5 Å². The first-order chi connectivity index (χ1) is 15.0. The van der Waals surface area contributed by atoms with E-state index in [0.29, 0.717) is 6.04 Å². The molecule has 0 saturated carbocycles. The molecule has 1 rings (SSSR count). The molecule has 0 bridgehead atoms. The molecule has 1 aliphatic rings. The van der Waals surface area contributed by atoms with Crippen LogP contribution >= 0.6 is 0 Å². The Balaban J connectivity index is 3.10. The summed E-state index contributed by atoms with van der Waals surface area (Å²) in [5.41, 5.74) is 0.214. The van der Waals surface area contributed by atoms with Crippen LogP contribution in [-0.2, 0) is 14.4 Å². The molecule has 32 heavy (non-hydrogen) atoms. The third kappa shape index (κ3) is 7.32. The van der Waals surface area contributed by atoms with E-state index in [9.17, 15) is 19.5 Å². The second-order valence-electron chi connectivity index (χ2n) is 9.72. The van der Waals surface area contributed by atoms with Gasteiger partial charge in [0.2, 0.25) is 11.8 Å². The molecule has 1 aliphatic heterocycles. The van der Waals surface area contributed by atoms with Gasteiger partial charge in [0.15, 0.2) is 0 Å². The fraction of sp³-hybridized carbons (Fsp3) is 0.800. The Hall–Kier alpha value is -1.89. The Morgan fingerprint density at radius 3 is 2.25 bits per heavy atom. The zero-order chi connectivity index (χ0) is 24.6. The zero-order valence-electron chi connectivity index (χ0n) is 21.4. The largest absolute Gasteiger partial charge is 0.478 e. The molecular weight excluding hydrogens is 406 g/mol. The molecule has 7 heteroatoms. The normalized spacial score (nSPS) is 21.5. The standard InChI is InChI=1S/C25H45N3O4/c1-9-17(5)21(15-18(6)25(31)32)27(8)24(30)22(16(3)4)26-23(29)20-13-11-12-14-28(20)19(7)10-2/h15-17,19-22H,9-14H2,1-8H3,(H,26,29)(H,31,32)/b18-15+/t17-,19?,20+,21?,22-/m0/s1. The first-order valence-corrected chi connectivity index (χ1v) is 12.2. The number of aliphatic carboxylic acids is 1. The smallest absolute Gasteiger partial charge is 0.331 e. The van der Waals surface area contributed by atoms with Crippen LogP contribution in [-0.4, -0.2) is 70.4 Å². The number of amides is 2. The minimum absolute atomic E-state index is 0.0807. The number of hydrogen-bond acceptors (Lipinski definition) is 4. The number of carbonyl (C=O) groups is 3. The van der Waals surface area contributed by atoms with E-state index in [0.717, 1.165) is 38.6 Å². The molecule has 5 atom stereocenters. The number of likely N-dealkylation sites (tertiary alicyclic amines) is 1. The molecule has 0 aromatic carbocycles. The highest BCUT2D eigenvalue weighted by Crippen LogP contribution is 2.23. The van der Waals surface area contributed by atoms with Crippen molar-refractivity contribution in [2.24, 2.45) is 11.8 Å². The number of hydrogen-bond donors (Lipinski definition) is 2. The lowest BCUT2D eigenvalue weighted by Gasteiger charge is -2.40. The molecule has 2 amide bonds. The summed E-state index contributed by atoms with van der Waals surface area (Å²) in [5, 5.41) is 12.4. The van der Waals surface area contributed by atoms with Crippen LogP contribution in [0, 0.1) is 11.8 Å². The highest BCUT2D eigenvalue weighted by molar-refractivity contribution is 5.90. The molecule has 0 aromatic heterocycles. The number of piperidine rings is 1. The van der Waals surface area contributed by atoms with Gasteiger partial charge in [-0.25, -0.2) is 4.79 Å². The maximum atomic E-state index is 13.5. The highest BCUT2D eigenvalue weighted by Gasteiger charge is 2.36. The van der Waals surface area contributed by atoms with E-state index in [1.807, 2.05) is 27.7 Å². The number of carboxylic acids is 1. The van der Waals surface area contributed by atoms with Gasteiger partial charge in [0.25, 0.3) is 0 Å². The van der Waals surface area contributed by atoms with Gasteiger partial charge in [0.05, 0.1) is 12.1 Å². The Kier molecular flexibility index (Phi) is 11.4. The average Bonchev–Trinajstić information content (AvgIpc) is 2.78. The van der Waals surface area contributed by atoms with Crippen molar-refractivity contribution in [2.75, 3.05) is 13.6 Å². The van der Waals surface area contributed by atoms with Crippen molar-refractivity contribution in [3.05, 3.63) is 11.6 Å². The van der Waals surface area contributed by atoms with Crippen LogP contribution in [0.3, 0.4) is 0 Å². The molecule has 0 radical (unpaired) electrons. The van der Waals surface area contributed by atoms with Gasteiger partial charge in [0.1, 0.15) is 6.04 Å². The minimum atomic E-state index is -0.990. The summed E-state index contributed by atoms with van der Waals surface area (Å²) < 4.78 is 0. The maximum absolute atomic E-state index is 13.5. The van der Waals surface area contributed by atoms with Crippen molar-refractivity contribution in [1.29, 1.82) is 0 Å². The number of nitrogens with zero attached hydrogens (tertiary/aromatic N) is 2. The number of carbonyl (C=O) groups excluding carboxylic acids is 2. The summed E-state index contributed by atoms with van der Waals surface area (Å²) in [6.07, 6.45) is 6.34. The van der Waals surface area contributed by atoms with Crippen LogP contribution in [0.5, 0.6) is 0 Å². The van der Waals surface area contributed by atoms with Gasteiger partial charge in [-0.2, -0.15) is 0 Å². The monoisotopic (exact) mass is 451 g/mol. The van der Waals surface area contributed by atoms with E-state index in [1.165, 1.54) is 0 Å². The van der Waals surface area contributed by atoms with Crippen LogP contribution in [0.2, 0.25) is 0 Å². The number of likely N-dealkylation sites (N-methyl/N-ethyl adjacent to an activating group) is 1. The lowest BCUT2D eigenvalue weighted by atomic mass is 9.93. The van der Waals surface area contributed by atoms with Crippen molar-refractivity contribution < 1.29 is 19.5 Å². The summed E-state index contributed by atoms with van der Waals surface area (Å²) in [4.78, 5) is 42.1. The first-order valence-electron chi connectivity index (χ1n) is 12.2. The van der Waals surface area contributed by atoms with Crippen LogP contribution in [0.1, 0.15) is 80.6 Å². The van der Waals surface area contributed by atoms with E-state index < -0.39 is 12.0 Å². The molecule has 0 aliphatic carbocycles. The molecule has 1 heterocycles. The summed E-state index contributed by atoms with van der Waals surface area (Å²) in [6, 6.07) is -0.898. The van der Waals surface area contributed by atoms with Gasteiger partial charge >= 0.3 is 5.97 Å². The van der Waals surface area contributed by atoms with E-state index in [-0.39, 0.29) is 41.3 Å². The summed E-state index contributed by atoms with van der Waals surface area (Å²) in [5.74, 6) is -1.25. The van der Waals surface area contributed by atoms with Crippen LogP contribution in [0.15, 0.2) is 11.6 Å². The third-order valence-electron chi connectivity index (χ3n) is 7.01. The number of nitrogens with one attached hydrogen (secondary N) is 1. The topological polar surface area (TPSA) is 90.0 Å². The summed E-state index contributed by atoms with van der Waals surface area (Å²) >= 11 is 0. The van der Waals surface area contributed by atoms with Gasteiger partial charge in [0, 0.05) is 18.7 Å². The molecule has 2 N–H and O–H groups in total. The summed E-state index contributed by atoms with van der Waals surface area (Å²) in [7, 11) is 1.71. The Morgan fingerprint density at radius 1 is 1.12 bits per heavy atom. The van der Waals surface area contributed by atoms with Crippen molar-refractivity contribution in [2.45, 2.75) is 105 Å². The molecule has 7 nitrogen and oxygen atoms in total. The van der Waals surface area contributed by atoms with E-state index in [1.54, 1.807) is 24.9 Å². The van der Waals surface area contributed by atoms with Crippen LogP contribution in [0.25, 0.3) is 0 Å². The van der Waals surface area contributed by atoms with Crippen molar-refractivity contribution >= 4 is 17.8 Å². The van der Waals surface area contributed by atoms with Gasteiger partial charge in [-0.3, -0.25) is 14.5 Å². The van der Waals surface area contributed by atoms with E-state index in [2.05, 4.69) is 24.1 Å². The molecule has 2 unspecified atom stereocenters. The number of rotatable bonds is 11. The minimum Gasteiger partial charge on any atom is -0.478 e. The average molecular weight is 452 g/mol. The van der Waals surface area contributed by atoms with Crippen molar-refractivity contribution in [1.82, 2.24) is 15.1 Å². The summed E-state index contributed by atoms with van der Waals surface area (Å²) in [6.45, 7) is 14.6. The van der Waals surface area contributed by atoms with E-state index in [4.69, 9.17) is 0 Å². The quantitative estimate of drug-likeness (QED) is 0.468. The van der Waals surface area contributed by atoms with Gasteiger partial charge < -0.3 is 15.3 Å².